The second-order valence-electron chi connectivity index (χ2n) is 7.09. The third kappa shape index (κ3) is 4.44. The van der Waals surface area contributed by atoms with Crippen LogP contribution in [0.1, 0.15) is 37.0 Å². The summed E-state index contributed by atoms with van der Waals surface area (Å²) in [5.41, 5.74) is 3.74. The zero-order valence-corrected chi connectivity index (χ0v) is 17.0. The molecule has 0 N–H and O–H groups in total. The first kappa shape index (κ1) is 20.4. The number of benzene rings is 1. The Kier molecular flexibility index (Phi) is 6.11. The van der Waals surface area contributed by atoms with Gasteiger partial charge in [0.25, 0.3) is 0 Å². The second kappa shape index (κ2) is 7.78. The van der Waals surface area contributed by atoms with E-state index < -0.39 is 9.84 Å². The molecule has 2 amide bonds. The van der Waals surface area contributed by atoms with Crippen molar-refractivity contribution in [3.8, 4) is 0 Å². The number of hydrogen-bond acceptors (Lipinski definition) is 4. The molecule has 1 aromatic carbocycles. The molecule has 0 bridgehead atoms. The van der Waals surface area contributed by atoms with Crippen LogP contribution in [0.2, 0.25) is 0 Å². The van der Waals surface area contributed by atoms with Crippen molar-refractivity contribution in [1.29, 1.82) is 0 Å². The van der Waals surface area contributed by atoms with E-state index in [-0.39, 0.29) is 35.9 Å². The Morgan fingerprint density at radius 3 is 2.15 bits per heavy atom. The molecule has 0 spiro atoms. The van der Waals surface area contributed by atoms with E-state index in [1.165, 1.54) is 11.8 Å². The van der Waals surface area contributed by atoms with Crippen LogP contribution < -0.4 is 4.90 Å². The summed E-state index contributed by atoms with van der Waals surface area (Å²) in [5, 5.41) is 0. The maximum absolute atomic E-state index is 12.9. The fourth-order valence-electron chi connectivity index (χ4n) is 3.83. The zero-order valence-electron chi connectivity index (χ0n) is 16.2. The number of aryl methyl sites for hydroxylation is 3. The van der Waals surface area contributed by atoms with Gasteiger partial charge in [0.05, 0.1) is 17.2 Å². The molecule has 1 saturated heterocycles. The monoisotopic (exact) mass is 380 g/mol. The quantitative estimate of drug-likeness (QED) is 0.783. The largest absolute Gasteiger partial charge is 0.337 e. The van der Waals surface area contributed by atoms with E-state index >= 15 is 0 Å². The van der Waals surface area contributed by atoms with Crippen molar-refractivity contribution in [2.24, 2.45) is 0 Å². The highest BCUT2D eigenvalue weighted by molar-refractivity contribution is 7.91. The molecule has 0 saturated carbocycles. The summed E-state index contributed by atoms with van der Waals surface area (Å²) >= 11 is 0. The minimum absolute atomic E-state index is 0.00917. The van der Waals surface area contributed by atoms with E-state index in [9.17, 15) is 18.0 Å². The lowest BCUT2D eigenvalue weighted by molar-refractivity contribution is -0.132. The molecule has 1 atom stereocenters. The first-order chi connectivity index (χ1) is 12.1. The Morgan fingerprint density at radius 2 is 1.73 bits per heavy atom. The van der Waals surface area contributed by atoms with Gasteiger partial charge in [-0.25, -0.2) is 8.42 Å². The Bertz CT molecular complexity index is 794. The van der Waals surface area contributed by atoms with Crippen LogP contribution >= 0.6 is 0 Å². The summed E-state index contributed by atoms with van der Waals surface area (Å²) in [5.74, 6) is -0.295. The molecule has 1 heterocycles. The van der Waals surface area contributed by atoms with E-state index in [2.05, 4.69) is 0 Å². The lowest BCUT2D eigenvalue weighted by Crippen LogP contribution is -2.47. The minimum atomic E-state index is -3.07. The fraction of sp³-hybridized carbons (Fsp3) is 0.579. The highest BCUT2D eigenvalue weighted by Gasteiger charge is 2.34. The van der Waals surface area contributed by atoms with E-state index in [1.54, 1.807) is 4.90 Å². The second-order valence-corrected chi connectivity index (χ2v) is 9.32. The number of likely N-dealkylation sites (N-methyl/N-ethyl adjacent to an activating group) is 1. The third-order valence-electron chi connectivity index (χ3n) is 4.89. The molecule has 0 aromatic heterocycles. The fourth-order valence-corrected chi connectivity index (χ4v) is 5.56. The van der Waals surface area contributed by atoms with Gasteiger partial charge >= 0.3 is 0 Å². The van der Waals surface area contributed by atoms with Crippen LogP contribution in [0, 0.1) is 20.8 Å². The molecule has 6 nitrogen and oxygen atoms in total. The van der Waals surface area contributed by atoms with Crippen molar-refractivity contribution in [3.05, 3.63) is 28.8 Å². The van der Waals surface area contributed by atoms with Gasteiger partial charge in [-0.3, -0.25) is 9.59 Å². The van der Waals surface area contributed by atoms with Crippen molar-refractivity contribution in [2.45, 2.75) is 47.1 Å². The minimum Gasteiger partial charge on any atom is -0.337 e. The van der Waals surface area contributed by atoms with Gasteiger partial charge in [-0.15, -0.1) is 0 Å². The number of hydrogen-bond donors (Lipinski definition) is 0. The molecule has 1 aliphatic rings. The summed E-state index contributed by atoms with van der Waals surface area (Å²) in [7, 11) is -3.07. The summed E-state index contributed by atoms with van der Waals surface area (Å²) in [6.07, 6.45) is 0.463. The van der Waals surface area contributed by atoms with Crippen LogP contribution in [0.15, 0.2) is 12.1 Å². The predicted molar refractivity (Wildman–Crippen MR) is 103 cm³/mol. The van der Waals surface area contributed by atoms with Crippen LogP contribution in [0.5, 0.6) is 0 Å². The van der Waals surface area contributed by atoms with Gasteiger partial charge in [0.15, 0.2) is 9.84 Å². The summed E-state index contributed by atoms with van der Waals surface area (Å²) in [4.78, 5) is 28.2. The van der Waals surface area contributed by atoms with E-state index in [1.807, 2.05) is 39.8 Å². The Morgan fingerprint density at radius 1 is 1.15 bits per heavy atom. The van der Waals surface area contributed by atoms with Gasteiger partial charge in [-0.1, -0.05) is 17.7 Å². The molecule has 0 aliphatic carbocycles. The molecular weight excluding hydrogens is 352 g/mol. The first-order valence-corrected chi connectivity index (χ1v) is 10.7. The average Bonchev–Trinajstić information content (AvgIpc) is 2.85. The van der Waals surface area contributed by atoms with Gasteiger partial charge in [-0.2, -0.15) is 0 Å². The van der Waals surface area contributed by atoms with Crippen LogP contribution in [-0.4, -0.2) is 55.8 Å². The van der Waals surface area contributed by atoms with Gasteiger partial charge in [-0.05, 0) is 45.2 Å². The summed E-state index contributed by atoms with van der Waals surface area (Å²) in [6, 6.07) is 3.68. The van der Waals surface area contributed by atoms with Gasteiger partial charge in [0, 0.05) is 19.5 Å². The van der Waals surface area contributed by atoms with Crippen molar-refractivity contribution in [2.75, 3.05) is 29.5 Å². The Hall–Kier alpha value is -1.89. The number of sulfone groups is 1. The van der Waals surface area contributed by atoms with Gasteiger partial charge < -0.3 is 9.80 Å². The number of nitrogens with zero attached hydrogens (tertiary/aromatic N) is 2. The lowest BCUT2D eigenvalue weighted by Gasteiger charge is -2.31. The molecule has 1 aromatic rings. The third-order valence-corrected chi connectivity index (χ3v) is 6.64. The summed E-state index contributed by atoms with van der Waals surface area (Å²) < 4.78 is 23.5. The molecule has 26 heavy (non-hydrogen) atoms. The Balaban J connectivity index is 2.27. The van der Waals surface area contributed by atoms with Crippen molar-refractivity contribution in [1.82, 2.24) is 4.90 Å². The number of rotatable bonds is 5. The highest BCUT2D eigenvalue weighted by Crippen LogP contribution is 2.27. The number of carbonyl (C=O) groups is 2. The summed E-state index contributed by atoms with van der Waals surface area (Å²) in [6.45, 7) is 9.48. The smallest absolute Gasteiger partial charge is 0.242 e. The predicted octanol–water partition coefficient (Wildman–Crippen LogP) is 2.00. The maximum atomic E-state index is 12.9. The topological polar surface area (TPSA) is 74.8 Å². The zero-order chi connectivity index (χ0) is 19.6. The number of anilines is 1. The first-order valence-electron chi connectivity index (χ1n) is 8.91. The van der Waals surface area contributed by atoms with E-state index in [0.29, 0.717) is 13.0 Å². The molecule has 7 heteroatoms. The van der Waals surface area contributed by atoms with Crippen LogP contribution in [0.4, 0.5) is 5.69 Å². The molecule has 1 fully saturated rings. The highest BCUT2D eigenvalue weighted by atomic mass is 32.2. The van der Waals surface area contributed by atoms with E-state index in [0.717, 1.165) is 22.4 Å². The molecular formula is C19H28N2O4S. The standard InChI is InChI=1S/C19H28N2O4S/c1-6-20(17-7-8-26(24,25)12-17)18(23)11-21(16(5)22)19-14(3)9-13(2)10-15(19)4/h9-10,17H,6-8,11-12H2,1-5H3. The van der Waals surface area contributed by atoms with Crippen LogP contribution in [0.25, 0.3) is 0 Å². The molecule has 2 rings (SSSR count). The van der Waals surface area contributed by atoms with Crippen molar-refractivity contribution >= 4 is 27.3 Å². The average molecular weight is 381 g/mol. The molecule has 1 aliphatic heterocycles. The normalized spacial score (nSPS) is 18.6. The maximum Gasteiger partial charge on any atom is 0.242 e. The SMILES string of the molecule is CCN(C(=O)CN(C(C)=O)c1c(C)cc(C)cc1C)C1CCS(=O)(=O)C1. The van der Waals surface area contributed by atoms with Gasteiger partial charge in [0.1, 0.15) is 6.54 Å². The molecule has 1 unspecified atom stereocenters. The van der Waals surface area contributed by atoms with Crippen LogP contribution in [0.3, 0.4) is 0 Å². The lowest BCUT2D eigenvalue weighted by atomic mass is 10.0. The van der Waals surface area contributed by atoms with E-state index in [4.69, 9.17) is 0 Å². The molecule has 0 radical (unpaired) electrons. The van der Waals surface area contributed by atoms with Crippen LogP contribution in [-0.2, 0) is 19.4 Å². The number of carbonyl (C=O) groups excluding carboxylic acids is 2. The van der Waals surface area contributed by atoms with Crippen molar-refractivity contribution < 1.29 is 18.0 Å². The van der Waals surface area contributed by atoms with Gasteiger partial charge in [0.2, 0.25) is 11.8 Å². The Labute approximate surface area is 156 Å². The molecule has 144 valence electrons. The number of amides is 2. The van der Waals surface area contributed by atoms with Crippen molar-refractivity contribution in [3.63, 3.8) is 0 Å².